The number of hydrogen-bond acceptors (Lipinski definition) is 5. The number of nitrogens with one attached hydrogen (secondary N) is 2. The fourth-order valence-electron chi connectivity index (χ4n) is 2.04. The topological polar surface area (TPSA) is 91.4 Å². The van der Waals surface area contributed by atoms with Gasteiger partial charge in [-0.3, -0.25) is 4.79 Å². The first-order valence-electron chi connectivity index (χ1n) is 6.46. The van der Waals surface area contributed by atoms with E-state index >= 15 is 0 Å². The van der Waals surface area contributed by atoms with Crippen molar-refractivity contribution in [3.05, 3.63) is 18.3 Å². The number of rotatable bonds is 4. The molecule has 7 nitrogen and oxygen atoms in total. The summed E-state index contributed by atoms with van der Waals surface area (Å²) in [5, 5.41) is 5.64. The lowest BCUT2D eigenvalue weighted by Crippen LogP contribution is -2.55. The Morgan fingerprint density at radius 1 is 1.50 bits per heavy atom. The van der Waals surface area contributed by atoms with Gasteiger partial charge in [0.25, 0.3) is 0 Å². The molecule has 1 saturated heterocycles. The first-order valence-corrected chi connectivity index (χ1v) is 7.90. The van der Waals surface area contributed by atoms with E-state index in [1.807, 2.05) is 6.92 Å². The molecular weight excluding hydrogens is 280 g/mol. The summed E-state index contributed by atoms with van der Waals surface area (Å²) in [5.74, 6) is 0.341. The van der Waals surface area contributed by atoms with Crippen molar-refractivity contribution in [2.45, 2.75) is 24.8 Å². The Bertz CT molecular complexity index is 585. The van der Waals surface area contributed by atoms with Gasteiger partial charge in [-0.25, -0.2) is 13.4 Å². The quantitative estimate of drug-likeness (QED) is 0.818. The smallest absolute Gasteiger partial charge is 0.245 e. The summed E-state index contributed by atoms with van der Waals surface area (Å²) in [6, 6.07) is 2.41. The van der Waals surface area contributed by atoms with Crippen LogP contribution in [0.4, 0.5) is 5.82 Å². The molecule has 1 aliphatic rings. The van der Waals surface area contributed by atoms with E-state index < -0.39 is 16.1 Å². The van der Waals surface area contributed by atoms with Gasteiger partial charge in [0, 0.05) is 25.8 Å². The van der Waals surface area contributed by atoms with Gasteiger partial charge in [-0.05, 0) is 26.0 Å². The third kappa shape index (κ3) is 2.75. The van der Waals surface area contributed by atoms with Gasteiger partial charge in [-0.1, -0.05) is 0 Å². The highest BCUT2D eigenvalue weighted by Crippen LogP contribution is 2.19. The number of aromatic nitrogens is 1. The maximum absolute atomic E-state index is 12.5. The molecule has 20 heavy (non-hydrogen) atoms. The Morgan fingerprint density at radius 3 is 2.85 bits per heavy atom. The Hall–Kier alpha value is -1.67. The van der Waals surface area contributed by atoms with Gasteiger partial charge in [0.05, 0.1) is 0 Å². The van der Waals surface area contributed by atoms with Gasteiger partial charge in [0.2, 0.25) is 15.9 Å². The molecule has 1 amide bonds. The largest absolute Gasteiger partial charge is 0.370 e. The van der Waals surface area contributed by atoms with Gasteiger partial charge in [0.15, 0.2) is 0 Å². The minimum Gasteiger partial charge on any atom is -0.370 e. The summed E-state index contributed by atoms with van der Waals surface area (Å²) >= 11 is 0. The highest BCUT2D eigenvalue weighted by Gasteiger charge is 2.35. The molecule has 0 radical (unpaired) electrons. The van der Waals surface area contributed by atoms with E-state index in [1.54, 1.807) is 13.0 Å². The van der Waals surface area contributed by atoms with Crippen molar-refractivity contribution in [1.82, 2.24) is 14.6 Å². The molecule has 1 unspecified atom stereocenters. The highest BCUT2D eigenvalue weighted by molar-refractivity contribution is 7.89. The van der Waals surface area contributed by atoms with Crippen LogP contribution in [0.3, 0.4) is 0 Å². The number of piperazine rings is 1. The molecule has 2 N–H and O–H groups in total. The lowest BCUT2D eigenvalue weighted by atomic mass is 10.2. The minimum atomic E-state index is -3.69. The van der Waals surface area contributed by atoms with Crippen molar-refractivity contribution < 1.29 is 13.2 Å². The molecular formula is C12H18N4O3S. The van der Waals surface area contributed by atoms with E-state index in [0.717, 1.165) is 0 Å². The second-order valence-electron chi connectivity index (χ2n) is 4.49. The average molecular weight is 298 g/mol. The lowest BCUT2D eigenvalue weighted by molar-refractivity contribution is -0.126. The van der Waals surface area contributed by atoms with Crippen LogP contribution in [-0.4, -0.2) is 49.3 Å². The molecule has 2 rings (SSSR count). The maximum Gasteiger partial charge on any atom is 0.245 e. The second-order valence-corrected chi connectivity index (χ2v) is 6.38. The number of sulfonamides is 1. The van der Waals surface area contributed by atoms with Crippen LogP contribution in [-0.2, 0) is 14.8 Å². The maximum atomic E-state index is 12.5. The molecule has 0 saturated carbocycles. The number of pyridine rings is 1. The molecule has 1 aromatic rings. The summed E-state index contributed by atoms with van der Waals surface area (Å²) in [6.07, 6.45) is 1.31. The number of nitrogens with zero attached hydrogens (tertiary/aromatic N) is 2. The number of anilines is 1. The van der Waals surface area contributed by atoms with Crippen LogP contribution in [0.2, 0.25) is 0 Å². The minimum absolute atomic E-state index is 0.0979. The monoisotopic (exact) mass is 298 g/mol. The standard InChI is InChI=1S/C12H18N4O3S/c1-3-13-11-5-4-10(8-15-11)20(18,19)16-7-6-14-12(17)9(16)2/h4-5,8-9H,3,6-7H2,1-2H3,(H,13,15)(H,14,17). The third-order valence-electron chi connectivity index (χ3n) is 3.14. The molecule has 0 bridgehead atoms. The van der Waals surface area contributed by atoms with Crippen LogP contribution in [0.15, 0.2) is 23.2 Å². The lowest BCUT2D eigenvalue weighted by Gasteiger charge is -2.31. The Morgan fingerprint density at radius 2 is 2.25 bits per heavy atom. The fourth-order valence-corrected chi connectivity index (χ4v) is 3.58. The van der Waals surface area contributed by atoms with Crippen molar-refractivity contribution in [3.63, 3.8) is 0 Å². The van der Waals surface area contributed by atoms with Crippen molar-refractivity contribution in [1.29, 1.82) is 0 Å². The van der Waals surface area contributed by atoms with Crippen LogP contribution in [0.25, 0.3) is 0 Å². The summed E-state index contributed by atoms with van der Waals surface area (Å²) in [5.41, 5.74) is 0. The highest BCUT2D eigenvalue weighted by atomic mass is 32.2. The Labute approximate surface area is 118 Å². The first kappa shape index (κ1) is 14.7. The second kappa shape index (κ2) is 5.76. The Kier molecular flexibility index (Phi) is 4.24. The molecule has 110 valence electrons. The van der Waals surface area contributed by atoms with Crippen LogP contribution >= 0.6 is 0 Å². The van der Waals surface area contributed by atoms with Crippen LogP contribution in [0, 0.1) is 0 Å². The molecule has 1 fully saturated rings. The van der Waals surface area contributed by atoms with E-state index in [9.17, 15) is 13.2 Å². The predicted octanol–water partition coefficient (Wildman–Crippen LogP) is 0.0224. The van der Waals surface area contributed by atoms with E-state index in [1.165, 1.54) is 16.6 Å². The zero-order valence-electron chi connectivity index (χ0n) is 11.5. The number of hydrogen-bond donors (Lipinski definition) is 2. The first-order chi connectivity index (χ1) is 9.46. The SMILES string of the molecule is CCNc1ccc(S(=O)(=O)N2CCNC(=O)C2C)cn1. The van der Waals surface area contributed by atoms with Gasteiger partial charge in [-0.2, -0.15) is 4.31 Å². The third-order valence-corrected chi connectivity index (χ3v) is 5.10. The zero-order valence-corrected chi connectivity index (χ0v) is 12.3. The molecule has 1 aliphatic heterocycles. The van der Waals surface area contributed by atoms with Gasteiger partial charge < -0.3 is 10.6 Å². The van der Waals surface area contributed by atoms with Crippen LogP contribution in [0.5, 0.6) is 0 Å². The predicted molar refractivity (Wildman–Crippen MR) is 74.8 cm³/mol. The number of carbonyl (C=O) groups excluding carboxylic acids is 1. The van der Waals surface area contributed by atoms with Gasteiger partial charge in [0.1, 0.15) is 16.8 Å². The van der Waals surface area contributed by atoms with Crippen molar-refractivity contribution in [2.24, 2.45) is 0 Å². The van der Waals surface area contributed by atoms with Crippen molar-refractivity contribution >= 4 is 21.7 Å². The molecule has 1 atom stereocenters. The van der Waals surface area contributed by atoms with Crippen molar-refractivity contribution in [2.75, 3.05) is 25.0 Å². The molecule has 8 heteroatoms. The summed E-state index contributed by atoms with van der Waals surface area (Å²) in [7, 11) is -3.69. The molecule has 0 aromatic carbocycles. The van der Waals surface area contributed by atoms with E-state index in [0.29, 0.717) is 18.9 Å². The summed E-state index contributed by atoms with van der Waals surface area (Å²) < 4.78 is 26.2. The summed E-state index contributed by atoms with van der Waals surface area (Å²) in [6.45, 7) is 4.81. The number of carbonyl (C=O) groups is 1. The van der Waals surface area contributed by atoms with E-state index in [4.69, 9.17) is 0 Å². The summed E-state index contributed by atoms with van der Waals surface area (Å²) in [4.78, 5) is 15.7. The molecule has 2 heterocycles. The van der Waals surface area contributed by atoms with Gasteiger partial charge >= 0.3 is 0 Å². The molecule has 0 aliphatic carbocycles. The van der Waals surface area contributed by atoms with Gasteiger partial charge in [-0.15, -0.1) is 0 Å². The normalized spacial score (nSPS) is 20.5. The number of amides is 1. The molecule has 1 aromatic heterocycles. The van der Waals surface area contributed by atoms with Crippen molar-refractivity contribution in [3.8, 4) is 0 Å². The van der Waals surface area contributed by atoms with E-state index in [2.05, 4.69) is 15.6 Å². The fraction of sp³-hybridized carbons (Fsp3) is 0.500. The van der Waals surface area contributed by atoms with Crippen LogP contribution < -0.4 is 10.6 Å². The van der Waals surface area contributed by atoms with E-state index in [-0.39, 0.29) is 17.3 Å². The zero-order chi connectivity index (χ0) is 14.8. The molecule has 0 spiro atoms. The average Bonchev–Trinajstić information content (AvgIpc) is 2.42. The Balaban J connectivity index is 2.27. The van der Waals surface area contributed by atoms with Crippen LogP contribution in [0.1, 0.15) is 13.8 Å².